The predicted octanol–water partition coefficient (Wildman–Crippen LogP) is 3.72. The molecule has 0 bridgehead atoms. The second kappa shape index (κ2) is 21.0. The van der Waals surface area contributed by atoms with Crippen LogP contribution in [0.25, 0.3) is 0 Å². The first kappa shape index (κ1) is 34.7. The van der Waals surface area contributed by atoms with E-state index in [1.165, 1.54) is 30.6 Å². The molecule has 2 aromatic rings. The molecule has 0 spiro atoms. The van der Waals surface area contributed by atoms with Gasteiger partial charge in [0.1, 0.15) is 5.82 Å². The Bertz CT molecular complexity index is 1050. The highest BCUT2D eigenvalue weighted by atomic mass is 32.1. The molecule has 0 saturated heterocycles. The molecule has 2 heterocycles. The van der Waals surface area contributed by atoms with Crippen molar-refractivity contribution in [3.05, 3.63) is 47.4 Å². The number of rotatable bonds is 23. The Hall–Kier alpha value is -2.77. The normalized spacial score (nSPS) is 14.9. The van der Waals surface area contributed by atoms with E-state index in [-0.39, 0.29) is 5.91 Å². The Kier molecular flexibility index (Phi) is 17.0. The van der Waals surface area contributed by atoms with Crippen LogP contribution in [-0.4, -0.2) is 81.7 Å². The number of nitrogens with one attached hydrogen (secondary N) is 4. The Labute approximate surface area is 260 Å². The number of hydrogen-bond donors (Lipinski definition) is 5. The lowest BCUT2D eigenvalue weighted by molar-refractivity contribution is -0.133. The van der Waals surface area contributed by atoms with E-state index in [1.54, 1.807) is 12.4 Å². The lowest BCUT2D eigenvalue weighted by atomic mass is 9.70. The van der Waals surface area contributed by atoms with Crippen LogP contribution < -0.4 is 27.0 Å². The molecular weight excluding hydrogens is 566 g/mol. The van der Waals surface area contributed by atoms with E-state index in [0.29, 0.717) is 58.3 Å². The molecule has 1 amide bonds. The van der Waals surface area contributed by atoms with Crippen molar-refractivity contribution >= 4 is 28.2 Å². The van der Waals surface area contributed by atoms with Gasteiger partial charge in [0.05, 0.1) is 50.8 Å². The van der Waals surface area contributed by atoms with Crippen molar-refractivity contribution in [3.8, 4) is 0 Å². The number of thiazole rings is 1. The van der Waals surface area contributed by atoms with Crippen molar-refractivity contribution < 1.29 is 19.0 Å². The topological polar surface area (TPSA) is 145 Å². The average Bonchev–Trinajstić information content (AvgIpc) is 3.53. The highest BCUT2D eigenvalue weighted by Crippen LogP contribution is 2.39. The van der Waals surface area contributed by atoms with E-state index in [0.717, 1.165) is 62.0 Å². The van der Waals surface area contributed by atoms with Crippen molar-refractivity contribution in [2.45, 2.75) is 58.3 Å². The standard InChI is InChI=1S/C31H51N7O4S/c1-2-3-12-33-13-14-34-24-26(32)25-42-21-20-41-19-18-40-17-15-35-29(39)31(10-5-4-6-11-31)23-27-8-7-9-28(37-27)38-30-36-16-22-43-30/h7-9,16,22,24,33-34H,2-6,10-15,17-21,23,25,32H2,1H3,(H,35,39)(H,36,37,38)/b26-24-. The second-order valence-corrected chi connectivity index (χ2v) is 11.7. The maximum Gasteiger partial charge on any atom is 0.226 e. The molecule has 1 aliphatic rings. The van der Waals surface area contributed by atoms with Gasteiger partial charge in [-0.2, -0.15) is 0 Å². The van der Waals surface area contributed by atoms with Crippen LogP contribution in [0.4, 0.5) is 10.9 Å². The van der Waals surface area contributed by atoms with Crippen molar-refractivity contribution in [1.82, 2.24) is 25.9 Å². The van der Waals surface area contributed by atoms with Gasteiger partial charge < -0.3 is 41.2 Å². The largest absolute Gasteiger partial charge is 0.399 e. The number of carbonyl (C=O) groups is 1. The number of nitrogens with zero attached hydrogens (tertiary/aromatic N) is 2. The Balaban J connectivity index is 1.24. The van der Waals surface area contributed by atoms with Gasteiger partial charge in [-0.25, -0.2) is 9.97 Å². The molecule has 1 saturated carbocycles. The highest BCUT2D eigenvalue weighted by Gasteiger charge is 2.39. The molecule has 6 N–H and O–H groups in total. The summed E-state index contributed by atoms with van der Waals surface area (Å²) in [5, 5.41) is 15.6. The fourth-order valence-corrected chi connectivity index (χ4v) is 5.52. The number of amides is 1. The molecule has 1 fully saturated rings. The monoisotopic (exact) mass is 617 g/mol. The van der Waals surface area contributed by atoms with Gasteiger partial charge in [0.25, 0.3) is 0 Å². The van der Waals surface area contributed by atoms with Gasteiger partial charge in [-0.3, -0.25) is 4.79 Å². The van der Waals surface area contributed by atoms with Gasteiger partial charge in [0.15, 0.2) is 5.13 Å². The number of anilines is 2. The number of pyridine rings is 1. The van der Waals surface area contributed by atoms with Crippen LogP contribution in [0.2, 0.25) is 0 Å². The number of hydrogen-bond acceptors (Lipinski definition) is 11. The average molecular weight is 618 g/mol. The summed E-state index contributed by atoms with van der Waals surface area (Å²) in [6.45, 7) is 8.11. The first-order valence-corrected chi connectivity index (χ1v) is 16.5. The zero-order valence-electron chi connectivity index (χ0n) is 25.7. The minimum Gasteiger partial charge on any atom is -0.399 e. The lowest BCUT2D eigenvalue weighted by Crippen LogP contribution is -2.45. The van der Waals surface area contributed by atoms with Crippen molar-refractivity contribution in [3.63, 3.8) is 0 Å². The van der Waals surface area contributed by atoms with E-state index in [2.05, 4.69) is 33.2 Å². The lowest BCUT2D eigenvalue weighted by Gasteiger charge is -2.35. The quantitative estimate of drug-likeness (QED) is 0.117. The molecule has 11 nitrogen and oxygen atoms in total. The molecule has 1 aliphatic carbocycles. The van der Waals surface area contributed by atoms with Crippen LogP contribution in [0.5, 0.6) is 0 Å². The van der Waals surface area contributed by atoms with Gasteiger partial charge in [0.2, 0.25) is 5.91 Å². The fraction of sp³-hybridized carbons (Fsp3) is 0.645. The fourth-order valence-electron chi connectivity index (χ4n) is 4.99. The SMILES string of the molecule is CCCCNCCN/C=C(\N)COCCOCCOCCNC(=O)C1(Cc2cccc(Nc3nccs3)n2)CCCCC1. The van der Waals surface area contributed by atoms with Gasteiger partial charge in [0, 0.05) is 49.5 Å². The van der Waals surface area contributed by atoms with E-state index in [9.17, 15) is 4.79 Å². The van der Waals surface area contributed by atoms with Gasteiger partial charge in [-0.1, -0.05) is 38.7 Å². The molecular formula is C31H51N7O4S. The maximum absolute atomic E-state index is 13.4. The molecule has 12 heteroatoms. The van der Waals surface area contributed by atoms with E-state index in [1.807, 2.05) is 23.6 Å². The summed E-state index contributed by atoms with van der Waals surface area (Å²) in [6.07, 6.45) is 11.6. The summed E-state index contributed by atoms with van der Waals surface area (Å²) in [5.41, 5.74) is 7.08. The Morgan fingerprint density at radius 2 is 1.81 bits per heavy atom. The Morgan fingerprint density at radius 1 is 1.02 bits per heavy atom. The highest BCUT2D eigenvalue weighted by molar-refractivity contribution is 7.13. The third-order valence-electron chi connectivity index (χ3n) is 7.27. The van der Waals surface area contributed by atoms with Crippen LogP contribution in [0.15, 0.2) is 41.7 Å². The predicted molar refractivity (Wildman–Crippen MR) is 172 cm³/mol. The van der Waals surface area contributed by atoms with Gasteiger partial charge in [-0.05, 0) is 37.9 Å². The van der Waals surface area contributed by atoms with Crippen LogP contribution in [0.1, 0.15) is 57.6 Å². The van der Waals surface area contributed by atoms with Crippen molar-refractivity contribution in [2.24, 2.45) is 11.1 Å². The Morgan fingerprint density at radius 3 is 2.58 bits per heavy atom. The number of ether oxygens (including phenoxy) is 3. The van der Waals surface area contributed by atoms with Gasteiger partial charge in [-0.15, -0.1) is 11.3 Å². The molecule has 3 rings (SSSR count). The summed E-state index contributed by atoms with van der Waals surface area (Å²) in [5.74, 6) is 0.840. The van der Waals surface area contributed by atoms with Crippen LogP contribution >= 0.6 is 11.3 Å². The third-order valence-corrected chi connectivity index (χ3v) is 7.96. The molecule has 0 radical (unpaired) electrons. The van der Waals surface area contributed by atoms with Crippen molar-refractivity contribution in [2.75, 3.05) is 71.1 Å². The molecule has 0 aromatic carbocycles. The number of nitrogens with two attached hydrogens (primary N) is 1. The third kappa shape index (κ3) is 14.0. The molecule has 240 valence electrons. The second-order valence-electron chi connectivity index (χ2n) is 10.8. The molecule has 43 heavy (non-hydrogen) atoms. The summed E-state index contributed by atoms with van der Waals surface area (Å²) < 4.78 is 16.8. The van der Waals surface area contributed by atoms with E-state index in [4.69, 9.17) is 24.9 Å². The first-order valence-electron chi connectivity index (χ1n) is 15.6. The summed E-state index contributed by atoms with van der Waals surface area (Å²) >= 11 is 1.53. The summed E-state index contributed by atoms with van der Waals surface area (Å²) in [7, 11) is 0. The van der Waals surface area contributed by atoms with E-state index < -0.39 is 5.41 Å². The number of carbonyl (C=O) groups excluding carboxylic acids is 1. The zero-order chi connectivity index (χ0) is 30.4. The zero-order valence-corrected chi connectivity index (χ0v) is 26.5. The summed E-state index contributed by atoms with van der Waals surface area (Å²) in [6, 6.07) is 5.91. The number of unbranched alkanes of at least 4 members (excludes halogenated alkanes) is 1. The molecule has 0 unspecified atom stereocenters. The van der Waals surface area contributed by atoms with Crippen LogP contribution in [0, 0.1) is 5.41 Å². The maximum atomic E-state index is 13.4. The molecule has 0 atom stereocenters. The van der Waals surface area contributed by atoms with Crippen LogP contribution in [-0.2, 0) is 25.4 Å². The van der Waals surface area contributed by atoms with Gasteiger partial charge >= 0.3 is 0 Å². The smallest absolute Gasteiger partial charge is 0.226 e. The van der Waals surface area contributed by atoms with Crippen molar-refractivity contribution in [1.29, 1.82) is 0 Å². The minimum absolute atomic E-state index is 0.0939. The molecule has 0 aliphatic heterocycles. The minimum atomic E-state index is -0.436. The van der Waals surface area contributed by atoms with E-state index >= 15 is 0 Å². The number of aromatic nitrogens is 2. The summed E-state index contributed by atoms with van der Waals surface area (Å²) in [4.78, 5) is 22.4. The molecule has 2 aromatic heterocycles. The first-order chi connectivity index (χ1) is 21.1. The van der Waals surface area contributed by atoms with Crippen LogP contribution in [0.3, 0.4) is 0 Å².